The van der Waals surface area contributed by atoms with Crippen LogP contribution in [0.5, 0.6) is 0 Å². The minimum absolute atomic E-state index is 0.488. The van der Waals surface area contributed by atoms with E-state index in [4.69, 9.17) is 4.74 Å². The molecule has 1 fully saturated rings. The molecule has 0 radical (unpaired) electrons. The molecule has 0 aromatic carbocycles. The van der Waals surface area contributed by atoms with Crippen LogP contribution in [0.2, 0.25) is 0 Å². The first-order valence-corrected chi connectivity index (χ1v) is 6.53. The zero-order valence-corrected chi connectivity index (χ0v) is 10.9. The molecule has 17 heavy (non-hydrogen) atoms. The number of aromatic nitrogens is 2. The second-order valence-corrected chi connectivity index (χ2v) is 4.94. The lowest BCUT2D eigenvalue weighted by atomic mass is 9.93. The molecule has 1 heterocycles. The molecule has 1 N–H and O–H groups in total. The van der Waals surface area contributed by atoms with Crippen molar-refractivity contribution in [3.05, 3.63) is 18.0 Å². The third kappa shape index (κ3) is 3.82. The molecule has 2 rings (SSSR count). The summed E-state index contributed by atoms with van der Waals surface area (Å²) in [6, 6.07) is 0.665. The molecule has 0 atom stereocenters. The first-order valence-electron chi connectivity index (χ1n) is 6.53. The van der Waals surface area contributed by atoms with E-state index in [1.165, 1.54) is 31.2 Å². The van der Waals surface area contributed by atoms with Crippen LogP contribution in [0.25, 0.3) is 0 Å². The molecule has 0 saturated heterocycles. The van der Waals surface area contributed by atoms with Crippen LogP contribution < -0.4 is 5.32 Å². The molecule has 96 valence electrons. The highest BCUT2D eigenvalue weighted by Crippen LogP contribution is 2.20. The van der Waals surface area contributed by atoms with Gasteiger partial charge in [0.1, 0.15) is 0 Å². The number of aryl methyl sites for hydroxylation is 1. The highest BCUT2D eigenvalue weighted by molar-refractivity contribution is 4.99. The highest BCUT2D eigenvalue weighted by Gasteiger charge is 2.19. The quantitative estimate of drug-likeness (QED) is 0.848. The minimum Gasteiger partial charge on any atom is -0.381 e. The first kappa shape index (κ1) is 12.6. The summed E-state index contributed by atoms with van der Waals surface area (Å²) in [4.78, 5) is 0. The highest BCUT2D eigenvalue weighted by atomic mass is 16.5. The maximum absolute atomic E-state index is 5.37. The molecule has 1 aliphatic carbocycles. The smallest absolute Gasteiger partial charge is 0.0572 e. The van der Waals surface area contributed by atoms with E-state index in [1.54, 1.807) is 0 Å². The van der Waals surface area contributed by atoms with Crippen molar-refractivity contribution in [2.24, 2.45) is 0 Å². The van der Waals surface area contributed by atoms with Crippen molar-refractivity contribution in [1.82, 2.24) is 15.1 Å². The van der Waals surface area contributed by atoms with Gasteiger partial charge in [-0.1, -0.05) is 0 Å². The van der Waals surface area contributed by atoms with Gasteiger partial charge in [-0.05, 0) is 38.2 Å². The van der Waals surface area contributed by atoms with E-state index >= 15 is 0 Å². The average molecular weight is 237 g/mol. The number of nitrogens with one attached hydrogen (secondary N) is 1. The van der Waals surface area contributed by atoms with Crippen LogP contribution in [-0.4, -0.2) is 35.6 Å². The topological polar surface area (TPSA) is 39.1 Å². The summed E-state index contributed by atoms with van der Waals surface area (Å²) in [5.74, 6) is 0. The fourth-order valence-corrected chi connectivity index (χ4v) is 2.48. The van der Waals surface area contributed by atoms with Gasteiger partial charge in [-0.25, -0.2) is 0 Å². The predicted molar refractivity (Wildman–Crippen MR) is 68.0 cm³/mol. The largest absolute Gasteiger partial charge is 0.381 e. The van der Waals surface area contributed by atoms with Crippen LogP contribution >= 0.6 is 0 Å². The van der Waals surface area contributed by atoms with Gasteiger partial charge in [-0.3, -0.25) is 4.68 Å². The molecule has 4 heteroatoms. The van der Waals surface area contributed by atoms with E-state index in [9.17, 15) is 0 Å². The monoisotopic (exact) mass is 237 g/mol. The molecule has 1 saturated carbocycles. The van der Waals surface area contributed by atoms with Crippen LogP contribution in [-0.2, 0) is 11.3 Å². The van der Waals surface area contributed by atoms with Crippen molar-refractivity contribution in [2.45, 2.75) is 51.3 Å². The standard InChI is InChI=1S/C13H23N3O/c1-11-9-15-16(10-11)8-7-14-12-3-5-13(17-2)6-4-12/h9-10,12-14H,3-8H2,1-2H3. The van der Waals surface area contributed by atoms with E-state index in [0.717, 1.165) is 13.1 Å². The maximum Gasteiger partial charge on any atom is 0.0572 e. The summed E-state index contributed by atoms with van der Waals surface area (Å²) in [5.41, 5.74) is 1.23. The van der Waals surface area contributed by atoms with Crippen molar-refractivity contribution in [3.8, 4) is 0 Å². The summed E-state index contributed by atoms with van der Waals surface area (Å²) in [7, 11) is 1.82. The van der Waals surface area contributed by atoms with Gasteiger partial charge >= 0.3 is 0 Å². The molecule has 1 aromatic rings. The summed E-state index contributed by atoms with van der Waals surface area (Å²) >= 11 is 0. The lowest BCUT2D eigenvalue weighted by Crippen LogP contribution is -2.36. The zero-order chi connectivity index (χ0) is 12.1. The van der Waals surface area contributed by atoms with Crippen LogP contribution in [0.4, 0.5) is 0 Å². The van der Waals surface area contributed by atoms with Gasteiger partial charge in [0.15, 0.2) is 0 Å². The van der Waals surface area contributed by atoms with Gasteiger partial charge in [-0.2, -0.15) is 5.10 Å². The predicted octanol–water partition coefficient (Wildman–Crippen LogP) is 1.74. The van der Waals surface area contributed by atoms with Gasteiger partial charge in [0, 0.05) is 25.9 Å². The number of nitrogens with zero attached hydrogens (tertiary/aromatic N) is 2. The Balaban J connectivity index is 1.63. The summed E-state index contributed by atoms with van der Waals surface area (Å²) in [6.45, 7) is 4.03. The molecule has 0 unspecified atom stereocenters. The number of hydrogen-bond donors (Lipinski definition) is 1. The summed E-state index contributed by atoms with van der Waals surface area (Å²) in [5, 5.41) is 7.89. The van der Waals surface area contributed by atoms with Crippen molar-refractivity contribution in [2.75, 3.05) is 13.7 Å². The third-order valence-electron chi connectivity index (χ3n) is 3.54. The fraction of sp³-hybridized carbons (Fsp3) is 0.769. The molecular weight excluding hydrogens is 214 g/mol. The van der Waals surface area contributed by atoms with Crippen LogP contribution in [0, 0.1) is 6.92 Å². The van der Waals surface area contributed by atoms with Crippen molar-refractivity contribution in [1.29, 1.82) is 0 Å². The SMILES string of the molecule is COC1CCC(NCCn2cc(C)cn2)CC1. The first-order chi connectivity index (χ1) is 8.28. The number of rotatable bonds is 5. The molecule has 1 aliphatic rings. The Kier molecular flexibility index (Phi) is 4.57. The Morgan fingerprint density at radius 3 is 2.76 bits per heavy atom. The van der Waals surface area contributed by atoms with Gasteiger partial charge < -0.3 is 10.1 Å². The number of hydrogen-bond acceptors (Lipinski definition) is 3. The average Bonchev–Trinajstić information content (AvgIpc) is 2.76. The van der Waals surface area contributed by atoms with E-state index < -0.39 is 0 Å². The van der Waals surface area contributed by atoms with Gasteiger partial charge in [-0.15, -0.1) is 0 Å². The Morgan fingerprint density at radius 2 is 2.18 bits per heavy atom. The Morgan fingerprint density at radius 1 is 1.41 bits per heavy atom. The van der Waals surface area contributed by atoms with E-state index in [1.807, 2.05) is 18.0 Å². The Labute approximate surface area is 103 Å². The second kappa shape index (κ2) is 6.17. The Hall–Kier alpha value is -0.870. The number of methoxy groups -OCH3 is 1. The van der Waals surface area contributed by atoms with Gasteiger partial charge in [0.05, 0.1) is 18.8 Å². The van der Waals surface area contributed by atoms with E-state index in [0.29, 0.717) is 12.1 Å². The van der Waals surface area contributed by atoms with Gasteiger partial charge in [0.25, 0.3) is 0 Å². The maximum atomic E-state index is 5.37. The fourth-order valence-electron chi connectivity index (χ4n) is 2.48. The molecular formula is C13H23N3O. The second-order valence-electron chi connectivity index (χ2n) is 4.94. The molecule has 0 bridgehead atoms. The molecule has 4 nitrogen and oxygen atoms in total. The van der Waals surface area contributed by atoms with Crippen LogP contribution in [0.15, 0.2) is 12.4 Å². The van der Waals surface area contributed by atoms with Crippen LogP contribution in [0.3, 0.4) is 0 Å². The van der Waals surface area contributed by atoms with Crippen molar-refractivity contribution >= 4 is 0 Å². The summed E-state index contributed by atoms with van der Waals surface area (Å²) in [6.07, 6.45) is 9.33. The minimum atomic E-state index is 0.488. The lowest BCUT2D eigenvalue weighted by molar-refractivity contribution is 0.0625. The van der Waals surface area contributed by atoms with E-state index in [2.05, 4.69) is 23.5 Å². The molecule has 0 spiro atoms. The zero-order valence-electron chi connectivity index (χ0n) is 10.9. The van der Waals surface area contributed by atoms with Crippen LogP contribution in [0.1, 0.15) is 31.2 Å². The van der Waals surface area contributed by atoms with E-state index in [-0.39, 0.29) is 0 Å². The Bertz CT molecular complexity index is 329. The van der Waals surface area contributed by atoms with Crippen molar-refractivity contribution in [3.63, 3.8) is 0 Å². The molecule has 0 aliphatic heterocycles. The van der Waals surface area contributed by atoms with Crippen molar-refractivity contribution < 1.29 is 4.74 Å². The molecule has 1 aromatic heterocycles. The summed E-state index contributed by atoms with van der Waals surface area (Å²) < 4.78 is 7.38. The van der Waals surface area contributed by atoms with Gasteiger partial charge in [0.2, 0.25) is 0 Å². The number of ether oxygens (including phenoxy) is 1. The lowest BCUT2D eigenvalue weighted by Gasteiger charge is -2.28. The third-order valence-corrected chi connectivity index (χ3v) is 3.54. The molecule has 0 amide bonds. The normalized spacial score (nSPS) is 25.1.